The Kier molecular flexibility index (Phi) is 5.54. The van der Waals surface area contributed by atoms with Crippen molar-refractivity contribution in [1.82, 2.24) is 5.32 Å². The average molecular weight is 251 g/mol. The minimum Gasteiger partial charge on any atom is -0.311 e. The Morgan fingerprint density at radius 2 is 1.22 bits per heavy atom. The van der Waals surface area contributed by atoms with Gasteiger partial charge in [0.25, 0.3) is 0 Å². The number of nitrogens with one attached hydrogen (secondary N) is 1. The van der Waals surface area contributed by atoms with Crippen LogP contribution in [-0.4, -0.2) is 12.1 Å². The normalized spacial score (nSPS) is 31.3. The first-order valence-electron chi connectivity index (χ1n) is 8.42. The van der Waals surface area contributed by atoms with Gasteiger partial charge in [0.15, 0.2) is 0 Å². The highest BCUT2D eigenvalue weighted by molar-refractivity contribution is 4.82. The van der Waals surface area contributed by atoms with E-state index in [0.29, 0.717) is 5.41 Å². The fraction of sp³-hybridized carbons (Fsp3) is 1.00. The Morgan fingerprint density at radius 3 is 1.94 bits per heavy atom. The Balaban J connectivity index is 1.77. The molecule has 2 aliphatic rings. The molecule has 2 fully saturated rings. The molecule has 0 aromatic carbocycles. The molecule has 1 atom stereocenters. The van der Waals surface area contributed by atoms with Crippen molar-refractivity contribution in [2.75, 3.05) is 0 Å². The molecule has 1 unspecified atom stereocenters. The summed E-state index contributed by atoms with van der Waals surface area (Å²) in [5.74, 6) is 0. The lowest BCUT2D eigenvalue weighted by Crippen LogP contribution is -2.38. The molecule has 0 saturated heterocycles. The zero-order valence-electron chi connectivity index (χ0n) is 12.6. The summed E-state index contributed by atoms with van der Waals surface area (Å²) in [5, 5.41) is 4.00. The highest BCUT2D eigenvalue weighted by atomic mass is 14.9. The summed E-state index contributed by atoms with van der Waals surface area (Å²) in [5.41, 5.74) is 0.595. The summed E-state index contributed by atoms with van der Waals surface area (Å²) in [4.78, 5) is 0. The fourth-order valence-corrected chi connectivity index (χ4v) is 3.78. The molecule has 2 saturated carbocycles. The second kappa shape index (κ2) is 6.93. The molecule has 106 valence electrons. The van der Waals surface area contributed by atoms with E-state index in [1.54, 1.807) is 0 Å². The lowest BCUT2D eigenvalue weighted by atomic mass is 9.85. The van der Waals surface area contributed by atoms with Crippen molar-refractivity contribution in [1.29, 1.82) is 0 Å². The third-order valence-electron chi connectivity index (χ3n) is 5.15. The van der Waals surface area contributed by atoms with Crippen molar-refractivity contribution in [2.24, 2.45) is 5.41 Å². The van der Waals surface area contributed by atoms with Crippen molar-refractivity contribution >= 4 is 0 Å². The number of hydrogen-bond donors (Lipinski definition) is 1. The van der Waals surface area contributed by atoms with E-state index in [2.05, 4.69) is 19.2 Å². The number of rotatable bonds is 2. The molecule has 0 spiro atoms. The Labute approximate surface area is 114 Å². The van der Waals surface area contributed by atoms with Crippen molar-refractivity contribution < 1.29 is 0 Å². The van der Waals surface area contributed by atoms with Gasteiger partial charge in [0.05, 0.1) is 0 Å². The van der Waals surface area contributed by atoms with E-state index in [9.17, 15) is 0 Å². The monoisotopic (exact) mass is 251 g/mol. The Hall–Kier alpha value is -0.0400. The minimum atomic E-state index is 0.595. The third-order valence-corrected chi connectivity index (χ3v) is 5.15. The van der Waals surface area contributed by atoms with E-state index in [-0.39, 0.29) is 0 Å². The topological polar surface area (TPSA) is 12.0 Å². The van der Waals surface area contributed by atoms with Crippen LogP contribution in [-0.2, 0) is 0 Å². The van der Waals surface area contributed by atoms with Crippen molar-refractivity contribution in [2.45, 2.75) is 103 Å². The second-order valence-electron chi connectivity index (χ2n) is 7.50. The maximum absolute atomic E-state index is 4.00. The van der Waals surface area contributed by atoms with Crippen LogP contribution in [0.4, 0.5) is 0 Å². The van der Waals surface area contributed by atoms with Gasteiger partial charge in [0.1, 0.15) is 0 Å². The zero-order chi connectivity index (χ0) is 12.8. The fourth-order valence-electron chi connectivity index (χ4n) is 3.78. The molecule has 0 radical (unpaired) electrons. The van der Waals surface area contributed by atoms with Crippen molar-refractivity contribution in [3.05, 3.63) is 0 Å². The van der Waals surface area contributed by atoms with E-state index in [1.165, 1.54) is 77.0 Å². The van der Waals surface area contributed by atoms with Crippen molar-refractivity contribution in [3.63, 3.8) is 0 Å². The largest absolute Gasteiger partial charge is 0.311 e. The SMILES string of the molecule is CC1(C)CCCC(NC2CCCCCCC2)CC1. The molecule has 0 aromatic heterocycles. The van der Waals surface area contributed by atoms with E-state index >= 15 is 0 Å². The maximum atomic E-state index is 4.00. The van der Waals surface area contributed by atoms with Gasteiger partial charge in [-0.25, -0.2) is 0 Å². The van der Waals surface area contributed by atoms with E-state index < -0.39 is 0 Å². The highest BCUT2D eigenvalue weighted by Gasteiger charge is 2.25. The van der Waals surface area contributed by atoms with Gasteiger partial charge in [-0.2, -0.15) is 0 Å². The smallest absolute Gasteiger partial charge is 0.00698 e. The second-order valence-corrected chi connectivity index (χ2v) is 7.50. The first kappa shape index (κ1) is 14.4. The molecule has 1 N–H and O–H groups in total. The zero-order valence-corrected chi connectivity index (χ0v) is 12.6. The summed E-state index contributed by atoms with van der Waals surface area (Å²) in [6, 6.07) is 1.65. The molecule has 0 bridgehead atoms. The van der Waals surface area contributed by atoms with E-state index in [0.717, 1.165) is 12.1 Å². The van der Waals surface area contributed by atoms with Gasteiger partial charge < -0.3 is 5.32 Å². The lowest BCUT2D eigenvalue weighted by Gasteiger charge is -2.27. The molecule has 0 aliphatic heterocycles. The lowest BCUT2D eigenvalue weighted by molar-refractivity contribution is 0.299. The predicted octanol–water partition coefficient (Wildman–Crippen LogP) is 5.05. The van der Waals surface area contributed by atoms with E-state index in [4.69, 9.17) is 0 Å². The van der Waals surface area contributed by atoms with Crippen LogP contribution >= 0.6 is 0 Å². The van der Waals surface area contributed by atoms with Gasteiger partial charge in [-0.3, -0.25) is 0 Å². The molecule has 2 rings (SSSR count). The molecule has 0 heterocycles. The van der Waals surface area contributed by atoms with Crippen LogP contribution in [0.2, 0.25) is 0 Å². The molecule has 0 amide bonds. The summed E-state index contributed by atoms with van der Waals surface area (Å²) in [6.45, 7) is 4.90. The van der Waals surface area contributed by atoms with Gasteiger partial charge >= 0.3 is 0 Å². The number of hydrogen-bond acceptors (Lipinski definition) is 1. The minimum absolute atomic E-state index is 0.595. The molecular formula is C17H33N. The highest BCUT2D eigenvalue weighted by Crippen LogP contribution is 2.34. The van der Waals surface area contributed by atoms with Crippen LogP contribution in [0.5, 0.6) is 0 Å². The molecule has 2 aliphatic carbocycles. The van der Waals surface area contributed by atoms with E-state index in [1.807, 2.05) is 0 Å². The summed E-state index contributed by atoms with van der Waals surface area (Å²) in [6.07, 6.45) is 17.3. The first-order valence-corrected chi connectivity index (χ1v) is 8.42. The van der Waals surface area contributed by atoms with Gasteiger partial charge in [-0.15, -0.1) is 0 Å². The quantitative estimate of drug-likeness (QED) is 0.677. The van der Waals surface area contributed by atoms with Gasteiger partial charge in [-0.1, -0.05) is 52.4 Å². The van der Waals surface area contributed by atoms with Crippen LogP contribution in [0.25, 0.3) is 0 Å². The van der Waals surface area contributed by atoms with Crippen LogP contribution in [0.1, 0.15) is 90.9 Å². The summed E-state index contributed by atoms with van der Waals surface area (Å²) < 4.78 is 0. The first-order chi connectivity index (χ1) is 8.66. The molecular weight excluding hydrogens is 218 g/mol. The summed E-state index contributed by atoms with van der Waals surface area (Å²) in [7, 11) is 0. The summed E-state index contributed by atoms with van der Waals surface area (Å²) >= 11 is 0. The molecule has 1 heteroatoms. The molecule has 18 heavy (non-hydrogen) atoms. The molecule has 1 nitrogen and oxygen atoms in total. The van der Waals surface area contributed by atoms with Gasteiger partial charge in [0.2, 0.25) is 0 Å². The van der Waals surface area contributed by atoms with Crippen LogP contribution in [0, 0.1) is 5.41 Å². The third kappa shape index (κ3) is 4.91. The standard InChI is InChI=1S/C17H33N/c1-17(2)13-8-11-16(12-14-17)18-15-9-6-4-3-5-7-10-15/h15-16,18H,3-14H2,1-2H3. The van der Waals surface area contributed by atoms with Crippen LogP contribution in [0.3, 0.4) is 0 Å². The maximum Gasteiger partial charge on any atom is 0.00698 e. The predicted molar refractivity (Wildman–Crippen MR) is 79.9 cm³/mol. The van der Waals surface area contributed by atoms with Gasteiger partial charge in [0, 0.05) is 12.1 Å². The van der Waals surface area contributed by atoms with Crippen LogP contribution in [0.15, 0.2) is 0 Å². The Bertz CT molecular complexity index is 226. The van der Waals surface area contributed by atoms with Crippen LogP contribution < -0.4 is 5.32 Å². The van der Waals surface area contributed by atoms with Crippen molar-refractivity contribution in [3.8, 4) is 0 Å². The Morgan fingerprint density at radius 1 is 0.667 bits per heavy atom. The average Bonchev–Trinajstić information content (AvgIpc) is 2.44. The van der Waals surface area contributed by atoms with Gasteiger partial charge in [-0.05, 0) is 43.9 Å². The molecule has 0 aromatic rings.